The maximum absolute atomic E-state index is 9.71. The van der Waals surface area contributed by atoms with Crippen LogP contribution in [-0.4, -0.2) is 36.3 Å². The zero-order chi connectivity index (χ0) is 16.1. The molecule has 0 radical (unpaired) electrons. The predicted octanol–water partition coefficient (Wildman–Crippen LogP) is 3.86. The number of aliphatic hydroxyl groups excluding tert-OH is 1. The Morgan fingerprint density at radius 2 is 1.86 bits per heavy atom. The van der Waals surface area contributed by atoms with E-state index in [1.165, 1.54) is 29.5 Å². The number of aliphatic hydroxyl groups is 1. The summed E-state index contributed by atoms with van der Waals surface area (Å²) in [7, 11) is 0. The van der Waals surface area contributed by atoms with Crippen LogP contribution in [0, 0.1) is 19.8 Å². The minimum Gasteiger partial charge on any atom is -0.493 e. The SMILES string of the molecule is CCCOc1ccc(C(C(C)CO)N2CCCC2)c(C)c1C. The van der Waals surface area contributed by atoms with Crippen LogP contribution in [0.2, 0.25) is 0 Å². The van der Waals surface area contributed by atoms with Crippen molar-refractivity contribution in [2.75, 3.05) is 26.3 Å². The van der Waals surface area contributed by atoms with Crippen LogP contribution < -0.4 is 4.74 Å². The summed E-state index contributed by atoms with van der Waals surface area (Å²) in [4.78, 5) is 2.54. The fourth-order valence-electron chi connectivity index (χ4n) is 3.49. The summed E-state index contributed by atoms with van der Waals surface area (Å²) < 4.78 is 5.85. The van der Waals surface area contributed by atoms with Gasteiger partial charge in [0.25, 0.3) is 0 Å². The smallest absolute Gasteiger partial charge is 0.122 e. The van der Waals surface area contributed by atoms with Crippen LogP contribution in [-0.2, 0) is 0 Å². The summed E-state index contributed by atoms with van der Waals surface area (Å²) >= 11 is 0. The Labute approximate surface area is 135 Å². The molecule has 22 heavy (non-hydrogen) atoms. The first kappa shape index (κ1) is 17.3. The van der Waals surface area contributed by atoms with E-state index in [4.69, 9.17) is 4.74 Å². The molecule has 1 aliphatic rings. The van der Waals surface area contributed by atoms with Gasteiger partial charge >= 0.3 is 0 Å². The first-order valence-corrected chi connectivity index (χ1v) is 8.68. The van der Waals surface area contributed by atoms with Crippen molar-refractivity contribution in [3.63, 3.8) is 0 Å². The molecule has 1 N–H and O–H groups in total. The molecule has 1 aliphatic heterocycles. The molecule has 3 heteroatoms. The van der Waals surface area contributed by atoms with Crippen LogP contribution in [0.4, 0.5) is 0 Å². The van der Waals surface area contributed by atoms with Crippen molar-refractivity contribution < 1.29 is 9.84 Å². The molecule has 0 amide bonds. The van der Waals surface area contributed by atoms with E-state index in [1.54, 1.807) is 0 Å². The van der Waals surface area contributed by atoms with E-state index in [0.29, 0.717) is 6.04 Å². The third-order valence-electron chi connectivity index (χ3n) is 4.92. The lowest BCUT2D eigenvalue weighted by Gasteiger charge is -2.34. The molecule has 1 heterocycles. The van der Waals surface area contributed by atoms with E-state index in [1.807, 2.05) is 0 Å². The number of ether oxygens (including phenoxy) is 1. The Balaban J connectivity index is 2.32. The van der Waals surface area contributed by atoms with Crippen LogP contribution in [0.3, 0.4) is 0 Å². The van der Waals surface area contributed by atoms with Gasteiger partial charge in [-0.25, -0.2) is 0 Å². The molecule has 2 rings (SSSR count). The van der Waals surface area contributed by atoms with Crippen molar-refractivity contribution in [2.24, 2.45) is 5.92 Å². The van der Waals surface area contributed by atoms with Gasteiger partial charge in [-0.15, -0.1) is 0 Å². The minimum absolute atomic E-state index is 0.230. The molecule has 0 saturated carbocycles. The van der Waals surface area contributed by atoms with Crippen LogP contribution in [0.5, 0.6) is 5.75 Å². The molecule has 1 fully saturated rings. The highest BCUT2D eigenvalue weighted by Crippen LogP contribution is 2.36. The first-order valence-electron chi connectivity index (χ1n) is 8.68. The molecular formula is C19H31NO2. The highest BCUT2D eigenvalue weighted by atomic mass is 16.5. The fourth-order valence-corrected chi connectivity index (χ4v) is 3.49. The van der Waals surface area contributed by atoms with E-state index in [-0.39, 0.29) is 12.5 Å². The van der Waals surface area contributed by atoms with Crippen LogP contribution >= 0.6 is 0 Å². The molecular weight excluding hydrogens is 274 g/mol. The molecule has 0 bridgehead atoms. The van der Waals surface area contributed by atoms with Crippen LogP contribution in [0.15, 0.2) is 12.1 Å². The number of rotatable bonds is 7. The van der Waals surface area contributed by atoms with Crippen molar-refractivity contribution in [1.29, 1.82) is 0 Å². The lowest BCUT2D eigenvalue weighted by atomic mass is 9.88. The number of hydrogen-bond donors (Lipinski definition) is 1. The Morgan fingerprint density at radius 1 is 1.18 bits per heavy atom. The number of benzene rings is 1. The third kappa shape index (κ3) is 3.64. The zero-order valence-electron chi connectivity index (χ0n) is 14.6. The van der Waals surface area contributed by atoms with Gasteiger partial charge in [-0.3, -0.25) is 4.90 Å². The van der Waals surface area contributed by atoms with Crippen molar-refractivity contribution in [3.8, 4) is 5.75 Å². The predicted molar refractivity (Wildman–Crippen MR) is 91.5 cm³/mol. The third-order valence-corrected chi connectivity index (χ3v) is 4.92. The summed E-state index contributed by atoms with van der Waals surface area (Å²) in [6.45, 7) is 11.9. The largest absolute Gasteiger partial charge is 0.493 e. The lowest BCUT2D eigenvalue weighted by Crippen LogP contribution is -2.32. The molecule has 0 aromatic heterocycles. The number of likely N-dealkylation sites (tertiary alicyclic amines) is 1. The zero-order valence-corrected chi connectivity index (χ0v) is 14.6. The first-order chi connectivity index (χ1) is 10.6. The van der Waals surface area contributed by atoms with Gasteiger partial charge in [0.1, 0.15) is 5.75 Å². The summed E-state index contributed by atoms with van der Waals surface area (Å²) in [6.07, 6.45) is 3.56. The van der Waals surface area contributed by atoms with E-state index >= 15 is 0 Å². The summed E-state index contributed by atoms with van der Waals surface area (Å²) in [5.74, 6) is 1.25. The molecule has 2 atom stereocenters. The van der Waals surface area contributed by atoms with Gasteiger partial charge in [0.2, 0.25) is 0 Å². The Kier molecular flexibility index (Phi) is 6.27. The van der Waals surface area contributed by atoms with Crippen LogP contribution in [0.1, 0.15) is 55.8 Å². The topological polar surface area (TPSA) is 32.7 Å². The second-order valence-electron chi connectivity index (χ2n) is 6.60. The highest BCUT2D eigenvalue weighted by molar-refractivity contribution is 5.45. The highest BCUT2D eigenvalue weighted by Gasteiger charge is 2.29. The molecule has 1 saturated heterocycles. The van der Waals surface area contributed by atoms with Crippen LogP contribution in [0.25, 0.3) is 0 Å². The minimum atomic E-state index is 0.230. The van der Waals surface area contributed by atoms with E-state index in [9.17, 15) is 5.11 Å². The second-order valence-corrected chi connectivity index (χ2v) is 6.60. The van der Waals surface area contributed by atoms with Gasteiger partial charge in [-0.2, -0.15) is 0 Å². The lowest BCUT2D eigenvalue weighted by molar-refractivity contribution is 0.125. The van der Waals surface area contributed by atoms with Gasteiger partial charge < -0.3 is 9.84 Å². The normalized spacial score (nSPS) is 18.4. The summed E-state index contributed by atoms with van der Waals surface area (Å²) in [6, 6.07) is 4.63. The Morgan fingerprint density at radius 3 is 2.45 bits per heavy atom. The molecule has 1 aromatic rings. The molecule has 0 spiro atoms. The molecule has 0 aliphatic carbocycles. The number of hydrogen-bond acceptors (Lipinski definition) is 3. The second kappa shape index (κ2) is 7.98. The fraction of sp³-hybridized carbons (Fsp3) is 0.684. The standard InChI is InChI=1S/C19H31NO2/c1-5-12-22-18-9-8-17(15(3)16(18)4)19(14(2)13-21)20-10-6-7-11-20/h8-9,14,19,21H,5-7,10-13H2,1-4H3. The van der Waals surface area contributed by atoms with Gasteiger partial charge in [0.05, 0.1) is 6.61 Å². The van der Waals surface area contributed by atoms with Crippen molar-refractivity contribution in [1.82, 2.24) is 4.90 Å². The van der Waals surface area contributed by atoms with Crippen molar-refractivity contribution >= 4 is 0 Å². The molecule has 124 valence electrons. The van der Waals surface area contributed by atoms with Crippen molar-refractivity contribution in [3.05, 3.63) is 28.8 Å². The van der Waals surface area contributed by atoms with Gasteiger partial charge in [-0.05, 0) is 74.9 Å². The summed E-state index contributed by atoms with van der Waals surface area (Å²) in [5, 5.41) is 9.71. The quantitative estimate of drug-likeness (QED) is 0.830. The average Bonchev–Trinajstić information content (AvgIpc) is 3.04. The van der Waals surface area contributed by atoms with Crippen molar-refractivity contribution in [2.45, 2.75) is 53.0 Å². The van der Waals surface area contributed by atoms with E-state index in [0.717, 1.165) is 31.9 Å². The number of nitrogens with zero attached hydrogens (tertiary/aromatic N) is 1. The Hall–Kier alpha value is -1.06. The Bertz CT molecular complexity index is 481. The summed E-state index contributed by atoms with van der Waals surface area (Å²) in [5.41, 5.74) is 3.90. The monoisotopic (exact) mass is 305 g/mol. The molecule has 2 unspecified atom stereocenters. The molecule has 3 nitrogen and oxygen atoms in total. The maximum Gasteiger partial charge on any atom is 0.122 e. The van der Waals surface area contributed by atoms with Gasteiger partial charge in [0.15, 0.2) is 0 Å². The van der Waals surface area contributed by atoms with Gasteiger partial charge in [-0.1, -0.05) is 19.9 Å². The van der Waals surface area contributed by atoms with E-state index < -0.39 is 0 Å². The van der Waals surface area contributed by atoms with E-state index in [2.05, 4.69) is 44.7 Å². The van der Waals surface area contributed by atoms with Gasteiger partial charge in [0, 0.05) is 12.6 Å². The maximum atomic E-state index is 9.71. The molecule has 1 aromatic carbocycles. The average molecular weight is 305 g/mol.